The predicted molar refractivity (Wildman–Crippen MR) is 111 cm³/mol. The molecule has 0 saturated heterocycles. The Labute approximate surface area is 188 Å². The van der Waals surface area contributed by atoms with Gasteiger partial charge in [0.25, 0.3) is 0 Å². The molecule has 0 aliphatic carbocycles. The Hall–Kier alpha value is -2.50. The number of alkyl halides is 6. The first-order valence-corrected chi connectivity index (χ1v) is 10.2. The molecule has 32 heavy (non-hydrogen) atoms. The highest BCUT2D eigenvalue weighted by Gasteiger charge is 2.33. The van der Waals surface area contributed by atoms with Gasteiger partial charge < -0.3 is 11.1 Å². The van der Waals surface area contributed by atoms with Crippen LogP contribution in [0.5, 0.6) is 0 Å². The lowest BCUT2D eigenvalue weighted by Gasteiger charge is -2.15. The first kappa shape index (κ1) is 24.1. The van der Waals surface area contributed by atoms with Crippen LogP contribution in [0.1, 0.15) is 17.2 Å². The van der Waals surface area contributed by atoms with Gasteiger partial charge in [0, 0.05) is 29.1 Å². The molecule has 1 aromatic heterocycles. The molecule has 1 heterocycles. The van der Waals surface area contributed by atoms with Crippen molar-refractivity contribution in [2.75, 3.05) is 11.9 Å². The van der Waals surface area contributed by atoms with Gasteiger partial charge in [0.05, 0.1) is 16.3 Å². The SMILES string of the molecule is N[C@@H](CNc1cc(-c2ccc(C(F)(F)F)c(Cl)c2)ncn1)c1cccc(SC(F)(F)F)c1. The van der Waals surface area contributed by atoms with Gasteiger partial charge in [0.2, 0.25) is 0 Å². The van der Waals surface area contributed by atoms with Gasteiger partial charge in [-0.3, -0.25) is 0 Å². The van der Waals surface area contributed by atoms with Gasteiger partial charge in [-0.05, 0) is 41.6 Å². The van der Waals surface area contributed by atoms with E-state index in [4.69, 9.17) is 17.3 Å². The Morgan fingerprint density at radius 2 is 1.75 bits per heavy atom. The minimum Gasteiger partial charge on any atom is -0.368 e. The summed E-state index contributed by atoms with van der Waals surface area (Å²) in [6.07, 6.45) is -3.35. The van der Waals surface area contributed by atoms with Crippen LogP contribution in [-0.2, 0) is 6.18 Å². The first-order chi connectivity index (χ1) is 14.9. The van der Waals surface area contributed by atoms with Gasteiger partial charge in [-0.25, -0.2) is 9.97 Å². The van der Waals surface area contributed by atoms with Crippen LogP contribution in [0.25, 0.3) is 11.3 Å². The first-order valence-electron chi connectivity index (χ1n) is 8.97. The minimum absolute atomic E-state index is 0.0222. The van der Waals surface area contributed by atoms with Crippen molar-refractivity contribution in [1.29, 1.82) is 0 Å². The van der Waals surface area contributed by atoms with Crippen LogP contribution in [-0.4, -0.2) is 22.0 Å². The highest BCUT2D eigenvalue weighted by atomic mass is 35.5. The molecule has 0 fully saturated rings. The van der Waals surface area contributed by atoms with E-state index in [0.29, 0.717) is 22.6 Å². The summed E-state index contributed by atoms with van der Waals surface area (Å²) >= 11 is 5.53. The normalized spacial score (nSPS) is 13.1. The standard InChI is InChI=1S/C20H15ClF6N4S/c21-15-7-12(4-5-14(15)19(22,23)24)17-8-18(31-10-30-17)29-9-16(28)11-2-1-3-13(6-11)32-20(25,26)27/h1-8,10,16H,9,28H2,(H,29,30,31)/t16-/m0/s1. The molecule has 0 unspecified atom stereocenters. The van der Waals surface area contributed by atoms with E-state index in [0.717, 1.165) is 12.1 Å². The maximum atomic E-state index is 12.9. The van der Waals surface area contributed by atoms with E-state index in [2.05, 4.69) is 15.3 Å². The second kappa shape index (κ2) is 9.55. The van der Waals surface area contributed by atoms with Crippen molar-refractivity contribution in [2.45, 2.75) is 22.6 Å². The number of hydrogen-bond donors (Lipinski definition) is 2. The van der Waals surface area contributed by atoms with Gasteiger partial charge in [-0.1, -0.05) is 29.8 Å². The fraction of sp³-hybridized carbons (Fsp3) is 0.200. The summed E-state index contributed by atoms with van der Waals surface area (Å²) in [6.45, 7) is 0.143. The molecule has 1 atom stereocenters. The molecule has 0 aliphatic rings. The molecule has 4 nitrogen and oxygen atoms in total. The van der Waals surface area contributed by atoms with E-state index in [-0.39, 0.29) is 23.2 Å². The number of thioether (sulfide) groups is 1. The van der Waals surface area contributed by atoms with Crippen LogP contribution in [0.4, 0.5) is 32.2 Å². The van der Waals surface area contributed by atoms with Crippen LogP contribution in [0.2, 0.25) is 5.02 Å². The number of halogens is 7. The van der Waals surface area contributed by atoms with E-state index in [1.54, 1.807) is 6.07 Å². The van der Waals surface area contributed by atoms with Crippen molar-refractivity contribution >= 4 is 29.2 Å². The van der Waals surface area contributed by atoms with Gasteiger partial charge in [0.15, 0.2) is 0 Å². The summed E-state index contributed by atoms with van der Waals surface area (Å²) in [7, 11) is 0. The lowest BCUT2D eigenvalue weighted by molar-refractivity contribution is -0.137. The molecule has 3 aromatic rings. The average molecular weight is 493 g/mol. The third-order valence-electron chi connectivity index (χ3n) is 4.26. The van der Waals surface area contributed by atoms with Crippen LogP contribution in [0.3, 0.4) is 0 Å². The van der Waals surface area contributed by atoms with E-state index in [1.165, 1.54) is 36.7 Å². The summed E-state index contributed by atoms with van der Waals surface area (Å²) in [5.74, 6) is 0.335. The molecular weight excluding hydrogens is 478 g/mol. The van der Waals surface area contributed by atoms with E-state index < -0.39 is 28.3 Å². The summed E-state index contributed by atoms with van der Waals surface area (Å²) in [5.41, 5.74) is 1.91. The van der Waals surface area contributed by atoms with Crippen molar-refractivity contribution in [3.63, 3.8) is 0 Å². The van der Waals surface area contributed by atoms with Gasteiger partial charge in [0.1, 0.15) is 12.1 Å². The molecule has 170 valence electrons. The minimum atomic E-state index is -4.57. The molecule has 0 bridgehead atoms. The number of anilines is 1. The second-order valence-electron chi connectivity index (χ2n) is 6.59. The van der Waals surface area contributed by atoms with Crippen LogP contribution >= 0.6 is 23.4 Å². The number of nitrogens with one attached hydrogen (secondary N) is 1. The van der Waals surface area contributed by atoms with Gasteiger partial charge in [-0.15, -0.1) is 0 Å². The molecule has 0 radical (unpaired) electrons. The van der Waals surface area contributed by atoms with Crippen molar-refractivity contribution in [2.24, 2.45) is 5.73 Å². The molecule has 0 aliphatic heterocycles. The number of benzene rings is 2. The molecule has 0 spiro atoms. The zero-order valence-electron chi connectivity index (χ0n) is 16.0. The third-order valence-corrected chi connectivity index (χ3v) is 5.29. The number of rotatable bonds is 6. The van der Waals surface area contributed by atoms with E-state index >= 15 is 0 Å². The lowest BCUT2D eigenvalue weighted by Crippen LogP contribution is -2.21. The smallest absolute Gasteiger partial charge is 0.368 e. The maximum Gasteiger partial charge on any atom is 0.446 e. The van der Waals surface area contributed by atoms with Gasteiger partial charge in [-0.2, -0.15) is 26.3 Å². The topological polar surface area (TPSA) is 63.8 Å². The Kier molecular flexibility index (Phi) is 7.21. The Balaban J connectivity index is 1.71. The molecule has 0 saturated carbocycles. The molecule has 2 aromatic carbocycles. The Morgan fingerprint density at radius 3 is 2.41 bits per heavy atom. The number of nitrogens with two attached hydrogens (primary N) is 1. The van der Waals surface area contributed by atoms with E-state index in [1.807, 2.05) is 0 Å². The quantitative estimate of drug-likeness (QED) is 0.302. The van der Waals surface area contributed by atoms with Crippen molar-refractivity contribution < 1.29 is 26.3 Å². The number of nitrogens with zero attached hydrogens (tertiary/aromatic N) is 2. The number of aromatic nitrogens is 2. The highest BCUT2D eigenvalue weighted by Crippen LogP contribution is 2.38. The zero-order chi connectivity index (χ0) is 23.5. The molecule has 3 rings (SSSR count). The highest BCUT2D eigenvalue weighted by molar-refractivity contribution is 8.00. The number of hydrogen-bond acceptors (Lipinski definition) is 5. The Bertz CT molecular complexity index is 1090. The fourth-order valence-corrected chi connectivity index (χ4v) is 3.69. The molecule has 12 heteroatoms. The van der Waals surface area contributed by atoms with Crippen molar-refractivity contribution in [3.05, 3.63) is 71.0 Å². The molecule has 0 amide bonds. The monoisotopic (exact) mass is 492 g/mol. The fourth-order valence-electron chi connectivity index (χ4n) is 2.79. The van der Waals surface area contributed by atoms with Gasteiger partial charge >= 0.3 is 11.7 Å². The largest absolute Gasteiger partial charge is 0.446 e. The maximum absolute atomic E-state index is 12.9. The van der Waals surface area contributed by atoms with E-state index in [9.17, 15) is 26.3 Å². The van der Waals surface area contributed by atoms with Crippen molar-refractivity contribution in [3.8, 4) is 11.3 Å². The summed E-state index contributed by atoms with van der Waals surface area (Å²) < 4.78 is 76.3. The zero-order valence-corrected chi connectivity index (χ0v) is 17.6. The van der Waals surface area contributed by atoms with Crippen molar-refractivity contribution in [1.82, 2.24) is 9.97 Å². The molecule has 3 N–H and O–H groups in total. The predicted octanol–water partition coefficient (Wildman–Crippen LogP) is 6.54. The van der Waals surface area contributed by atoms with Crippen LogP contribution in [0, 0.1) is 0 Å². The lowest BCUT2D eigenvalue weighted by atomic mass is 10.1. The summed E-state index contributed by atoms with van der Waals surface area (Å²) in [5, 5.41) is 2.50. The summed E-state index contributed by atoms with van der Waals surface area (Å²) in [4.78, 5) is 8.10. The third kappa shape index (κ3) is 6.50. The Morgan fingerprint density at radius 1 is 1.00 bits per heavy atom. The van der Waals surface area contributed by atoms with Crippen LogP contribution < -0.4 is 11.1 Å². The van der Waals surface area contributed by atoms with Crippen LogP contribution in [0.15, 0.2) is 59.8 Å². The second-order valence-corrected chi connectivity index (χ2v) is 8.13. The average Bonchev–Trinajstić information content (AvgIpc) is 2.70. The summed E-state index contributed by atoms with van der Waals surface area (Å²) in [6, 6.07) is 9.94. The molecular formula is C20H15ClF6N4S.